The zero-order valence-electron chi connectivity index (χ0n) is 27.7. The van der Waals surface area contributed by atoms with Gasteiger partial charge in [-0.05, 0) is 63.5 Å². The molecule has 3 aromatic heterocycles. The van der Waals surface area contributed by atoms with Gasteiger partial charge in [0.1, 0.15) is 22.3 Å². The van der Waals surface area contributed by atoms with Crippen LogP contribution in [-0.2, 0) is 0 Å². The van der Waals surface area contributed by atoms with E-state index in [-0.39, 0.29) is 0 Å². The van der Waals surface area contributed by atoms with E-state index in [2.05, 4.69) is 127 Å². The topological polar surface area (TPSA) is 65.0 Å². The predicted octanol–water partition coefficient (Wildman–Crippen LogP) is 12.6. The van der Waals surface area contributed by atoms with E-state index in [0.717, 1.165) is 82.5 Å². The Morgan fingerprint density at radius 2 is 0.885 bits per heavy atom. The van der Waals surface area contributed by atoms with Crippen molar-refractivity contribution in [2.45, 2.75) is 0 Å². The minimum absolute atomic E-state index is 0.589. The van der Waals surface area contributed by atoms with Crippen molar-refractivity contribution in [3.8, 4) is 45.3 Å². The van der Waals surface area contributed by atoms with Crippen molar-refractivity contribution in [1.82, 2.24) is 15.0 Å². The molecule has 5 heteroatoms. The molecule has 8 aromatic carbocycles. The highest BCUT2D eigenvalue weighted by molar-refractivity contribution is 6.15. The molecule has 5 nitrogen and oxygen atoms in total. The zero-order chi connectivity index (χ0) is 34.2. The van der Waals surface area contributed by atoms with Gasteiger partial charge in [0.2, 0.25) is 0 Å². The van der Waals surface area contributed by atoms with Crippen molar-refractivity contribution in [3.63, 3.8) is 0 Å². The van der Waals surface area contributed by atoms with Gasteiger partial charge < -0.3 is 8.83 Å². The molecule has 3 heterocycles. The quantitative estimate of drug-likeness (QED) is 0.187. The second kappa shape index (κ2) is 11.2. The zero-order valence-corrected chi connectivity index (χ0v) is 27.7. The molecule has 0 aliphatic rings. The fraction of sp³-hybridized carbons (Fsp3) is 0. The third-order valence-electron chi connectivity index (χ3n) is 10.1. The minimum Gasteiger partial charge on any atom is -0.456 e. The summed E-state index contributed by atoms with van der Waals surface area (Å²) in [5, 5.41) is 8.74. The standard InChI is InChI=1S/C47H27N3O2/c1-3-11-30-25-33(21-19-28(30)9-1)45-48-46(34-22-20-29-10-2-4-12-31(29)26-34)50-47(49-45)38-16-8-18-42-43(38)37-15-7-14-35(44(37)52-42)32-23-24-41-39(27-32)36-13-5-6-17-40(36)51-41/h1-27H. The summed E-state index contributed by atoms with van der Waals surface area (Å²) in [7, 11) is 0. The lowest BCUT2D eigenvalue weighted by Gasteiger charge is -2.10. The van der Waals surface area contributed by atoms with Crippen LogP contribution in [0.25, 0.3) is 111 Å². The van der Waals surface area contributed by atoms with Gasteiger partial charge in [0.05, 0.1) is 0 Å². The predicted molar refractivity (Wildman–Crippen MR) is 211 cm³/mol. The molecule has 0 N–H and O–H groups in total. The third kappa shape index (κ3) is 4.53. The Kier molecular flexibility index (Phi) is 6.18. The van der Waals surface area contributed by atoms with Crippen LogP contribution in [0.15, 0.2) is 173 Å². The number of nitrogens with zero attached hydrogens (tertiary/aromatic N) is 3. The molecule has 52 heavy (non-hydrogen) atoms. The Hall–Kier alpha value is -7.11. The number of fused-ring (bicyclic) bond motifs is 8. The van der Waals surface area contributed by atoms with Crippen molar-refractivity contribution < 1.29 is 8.83 Å². The van der Waals surface area contributed by atoms with Crippen molar-refractivity contribution in [3.05, 3.63) is 164 Å². The van der Waals surface area contributed by atoms with Gasteiger partial charge in [0.25, 0.3) is 0 Å². The number of furan rings is 2. The number of para-hydroxylation sites is 2. The normalized spacial score (nSPS) is 11.8. The highest BCUT2D eigenvalue weighted by atomic mass is 16.3. The first-order valence-electron chi connectivity index (χ1n) is 17.3. The average Bonchev–Trinajstić information content (AvgIpc) is 3.78. The summed E-state index contributed by atoms with van der Waals surface area (Å²) in [6.07, 6.45) is 0. The van der Waals surface area contributed by atoms with E-state index in [0.29, 0.717) is 17.5 Å². The Balaban J connectivity index is 1.13. The molecule has 0 aliphatic heterocycles. The Morgan fingerprint density at radius 3 is 1.63 bits per heavy atom. The summed E-state index contributed by atoms with van der Waals surface area (Å²) >= 11 is 0. The lowest BCUT2D eigenvalue weighted by molar-refractivity contribution is 0.668. The number of rotatable bonds is 4. The van der Waals surface area contributed by atoms with Crippen LogP contribution in [0.5, 0.6) is 0 Å². The van der Waals surface area contributed by atoms with Gasteiger partial charge in [-0.1, -0.05) is 127 Å². The molecule has 11 rings (SSSR count). The van der Waals surface area contributed by atoms with Crippen LogP contribution in [0.4, 0.5) is 0 Å². The Bertz CT molecular complexity index is 3110. The van der Waals surface area contributed by atoms with Gasteiger partial charge in [-0.15, -0.1) is 0 Å². The van der Waals surface area contributed by atoms with Crippen LogP contribution in [0, 0.1) is 0 Å². The highest BCUT2D eigenvalue weighted by Gasteiger charge is 2.20. The Morgan fingerprint density at radius 1 is 0.327 bits per heavy atom. The molecule has 0 aliphatic carbocycles. The monoisotopic (exact) mass is 665 g/mol. The first kappa shape index (κ1) is 28.7. The molecule has 0 atom stereocenters. The van der Waals surface area contributed by atoms with Crippen LogP contribution < -0.4 is 0 Å². The van der Waals surface area contributed by atoms with E-state index in [1.807, 2.05) is 36.4 Å². The van der Waals surface area contributed by atoms with Crippen molar-refractivity contribution in [1.29, 1.82) is 0 Å². The SMILES string of the molecule is c1ccc2cc(-c3nc(-c4ccc5ccccc5c4)nc(-c4cccc5oc6c(-c7ccc8oc9ccccc9c8c7)cccc6c45)n3)ccc2c1. The Labute approximate surface area is 297 Å². The van der Waals surface area contributed by atoms with E-state index in [4.69, 9.17) is 23.8 Å². The molecule has 0 saturated carbocycles. The molecule has 0 fully saturated rings. The molecule has 0 spiro atoms. The molecule has 0 saturated heterocycles. The number of hydrogen-bond donors (Lipinski definition) is 0. The summed E-state index contributed by atoms with van der Waals surface area (Å²) in [6, 6.07) is 56.4. The van der Waals surface area contributed by atoms with Gasteiger partial charge in [0, 0.05) is 43.8 Å². The van der Waals surface area contributed by atoms with Crippen molar-refractivity contribution in [2.24, 2.45) is 0 Å². The van der Waals surface area contributed by atoms with Gasteiger partial charge in [0.15, 0.2) is 17.5 Å². The average molecular weight is 666 g/mol. The second-order valence-corrected chi connectivity index (χ2v) is 13.2. The van der Waals surface area contributed by atoms with E-state index in [1.54, 1.807) is 0 Å². The molecule has 11 aromatic rings. The summed E-state index contributed by atoms with van der Waals surface area (Å²) in [6.45, 7) is 0. The van der Waals surface area contributed by atoms with Gasteiger partial charge >= 0.3 is 0 Å². The van der Waals surface area contributed by atoms with E-state index < -0.39 is 0 Å². The summed E-state index contributed by atoms with van der Waals surface area (Å²) in [4.78, 5) is 15.4. The van der Waals surface area contributed by atoms with Crippen LogP contribution in [0.2, 0.25) is 0 Å². The molecule has 0 bridgehead atoms. The van der Waals surface area contributed by atoms with Crippen molar-refractivity contribution in [2.75, 3.05) is 0 Å². The molecule has 0 radical (unpaired) electrons. The van der Waals surface area contributed by atoms with Gasteiger partial charge in [-0.3, -0.25) is 0 Å². The number of benzene rings is 8. The van der Waals surface area contributed by atoms with Crippen LogP contribution in [-0.4, -0.2) is 15.0 Å². The fourth-order valence-electron chi connectivity index (χ4n) is 7.57. The number of hydrogen-bond acceptors (Lipinski definition) is 5. The maximum absolute atomic E-state index is 6.71. The van der Waals surface area contributed by atoms with E-state index >= 15 is 0 Å². The molecular formula is C47H27N3O2. The fourth-order valence-corrected chi connectivity index (χ4v) is 7.57. The first-order valence-corrected chi connectivity index (χ1v) is 17.3. The molecule has 0 unspecified atom stereocenters. The second-order valence-electron chi connectivity index (χ2n) is 13.2. The lowest BCUT2D eigenvalue weighted by atomic mass is 9.99. The van der Waals surface area contributed by atoms with Crippen LogP contribution in [0.3, 0.4) is 0 Å². The maximum Gasteiger partial charge on any atom is 0.164 e. The lowest BCUT2D eigenvalue weighted by Crippen LogP contribution is -2.00. The van der Waals surface area contributed by atoms with Gasteiger partial charge in [-0.2, -0.15) is 0 Å². The van der Waals surface area contributed by atoms with Gasteiger partial charge in [-0.25, -0.2) is 15.0 Å². The number of aromatic nitrogens is 3. The van der Waals surface area contributed by atoms with Crippen LogP contribution in [0.1, 0.15) is 0 Å². The molecule has 242 valence electrons. The summed E-state index contributed by atoms with van der Waals surface area (Å²) < 4.78 is 12.8. The van der Waals surface area contributed by atoms with Crippen LogP contribution >= 0.6 is 0 Å². The highest BCUT2D eigenvalue weighted by Crippen LogP contribution is 2.42. The first-order chi connectivity index (χ1) is 25.7. The molecule has 0 amide bonds. The van der Waals surface area contributed by atoms with Crippen molar-refractivity contribution >= 4 is 65.4 Å². The molecular weight excluding hydrogens is 639 g/mol. The summed E-state index contributed by atoms with van der Waals surface area (Å²) in [5.74, 6) is 1.82. The largest absolute Gasteiger partial charge is 0.456 e. The smallest absolute Gasteiger partial charge is 0.164 e. The minimum atomic E-state index is 0.589. The maximum atomic E-state index is 6.71. The third-order valence-corrected chi connectivity index (χ3v) is 10.1. The van der Waals surface area contributed by atoms with E-state index in [9.17, 15) is 0 Å². The summed E-state index contributed by atoms with van der Waals surface area (Å²) in [5.41, 5.74) is 8.14. The van der Waals surface area contributed by atoms with E-state index in [1.165, 1.54) is 10.8 Å².